The third kappa shape index (κ3) is 1.70. The van der Waals surface area contributed by atoms with Gasteiger partial charge in [-0.25, -0.2) is 4.39 Å². The summed E-state index contributed by atoms with van der Waals surface area (Å²) in [4.78, 5) is 0. The molecule has 1 fully saturated rings. The van der Waals surface area contributed by atoms with E-state index in [0.717, 1.165) is 30.6 Å². The summed E-state index contributed by atoms with van der Waals surface area (Å²) in [6.45, 7) is 4.49. The number of hydrogen-bond acceptors (Lipinski definition) is 1. The first-order valence-electron chi connectivity index (χ1n) is 4.85. The van der Waals surface area contributed by atoms with Crippen molar-refractivity contribution in [1.29, 1.82) is 0 Å². The summed E-state index contributed by atoms with van der Waals surface area (Å²) in [7, 11) is 0. The second-order valence-corrected chi connectivity index (χ2v) is 3.48. The van der Waals surface area contributed by atoms with Gasteiger partial charge in [0.15, 0.2) is 0 Å². The van der Waals surface area contributed by atoms with Gasteiger partial charge in [-0.05, 0) is 36.1 Å². The van der Waals surface area contributed by atoms with E-state index in [4.69, 9.17) is 4.74 Å². The molecule has 1 aliphatic rings. The average molecular weight is 192 g/mol. The van der Waals surface area contributed by atoms with Crippen LogP contribution in [0.3, 0.4) is 0 Å². The molecule has 0 aromatic heterocycles. The van der Waals surface area contributed by atoms with Gasteiger partial charge >= 0.3 is 0 Å². The monoisotopic (exact) mass is 192 g/mol. The van der Waals surface area contributed by atoms with Gasteiger partial charge < -0.3 is 4.74 Å². The molecule has 0 spiro atoms. The lowest BCUT2D eigenvalue weighted by atomic mass is 10.0. The van der Waals surface area contributed by atoms with Gasteiger partial charge in [-0.3, -0.25) is 0 Å². The second kappa shape index (κ2) is 3.93. The zero-order valence-corrected chi connectivity index (χ0v) is 8.00. The Morgan fingerprint density at radius 1 is 1.50 bits per heavy atom. The van der Waals surface area contributed by atoms with Gasteiger partial charge in [-0.15, -0.1) is 0 Å². The minimum Gasteiger partial charge on any atom is -0.374 e. The van der Waals surface area contributed by atoms with Crippen LogP contribution < -0.4 is 0 Å². The summed E-state index contributed by atoms with van der Waals surface area (Å²) in [5, 5.41) is 0. The van der Waals surface area contributed by atoms with Crippen LogP contribution in [-0.4, -0.2) is 6.61 Å². The molecule has 0 bridgehead atoms. The highest BCUT2D eigenvalue weighted by atomic mass is 19.1. The lowest BCUT2D eigenvalue weighted by Crippen LogP contribution is -1.99. The summed E-state index contributed by atoms with van der Waals surface area (Å²) < 4.78 is 18.6. The first-order valence-corrected chi connectivity index (χ1v) is 4.85. The molecule has 1 saturated heterocycles. The fraction of sp³-hybridized carbons (Fsp3) is 0.333. The van der Waals surface area contributed by atoms with Crippen molar-refractivity contribution < 1.29 is 9.13 Å². The fourth-order valence-corrected chi connectivity index (χ4v) is 1.83. The van der Waals surface area contributed by atoms with Crippen LogP contribution >= 0.6 is 0 Å². The lowest BCUT2D eigenvalue weighted by Gasteiger charge is -2.12. The standard InChI is InChI=1S/C12H13FO/c1-2-9-5-6-10(13)8-11(9)12-4-3-7-14-12/h2,5-6,8,12H,1,3-4,7H2. The van der Waals surface area contributed by atoms with E-state index in [1.165, 1.54) is 6.07 Å². The number of hydrogen-bond donors (Lipinski definition) is 0. The van der Waals surface area contributed by atoms with Crippen LogP contribution in [0.25, 0.3) is 6.08 Å². The van der Waals surface area contributed by atoms with Crippen LogP contribution in [0.4, 0.5) is 4.39 Å². The summed E-state index contributed by atoms with van der Waals surface area (Å²) in [5.41, 5.74) is 1.90. The van der Waals surface area contributed by atoms with E-state index in [1.54, 1.807) is 18.2 Å². The first-order chi connectivity index (χ1) is 6.81. The van der Waals surface area contributed by atoms with Crippen LogP contribution in [0.15, 0.2) is 24.8 Å². The van der Waals surface area contributed by atoms with Crippen LogP contribution in [0.5, 0.6) is 0 Å². The molecular weight excluding hydrogens is 179 g/mol. The van der Waals surface area contributed by atoms with Crippen LogP contribution in [0, 0.1) is 5.82 Å². The predicted molar refractivity (Wildman–Crippen MR) is 54.4 cm³/mol. The van der Waals surface area contributed by atoms with Crippen molar-refractivity contribution in [2.45, 2.75) is 18.9 Å². The maximum atomic E-state index is 13.0. The Bertz CT molecular complexity index is 340. The third-order valence-electron chi connectivity index (χ3n) is 2.55. The maximum Gasteiger partial charge on any atom is 0.123 e. The van der Waals surface area contributed by atoms with Gasteiger partial charge in [0.05, 0.1) is 6.10 Å². The molecule has 0 amide bonds. The molecule has 2 rings (SSSR count). The molecule has 0 N–H and O–H groups in total. The number of benzene rings is 1. The van der Waals surface area contributed by atoms with Gasteiger partial charge in [0.1, 0.15) is 5.82 Å². The van der Waals surface area contributed by atoms with Crippen LogP contribution in [0.2, 0.25) is 0 Å². The van der Waals surface area contributed by atoms with Crippen molar-refractivity contribution in [3.63, 3.8) is 0 Å². The van der Waals surface area contributed by atoms with Crippen molar-refractivity contribution in [3.8, 4) is 0 Å². The molecule has 2 heteroatoms. The molecule has 1 nitrogen and oxygen atoms in total. The maximum absolute atomic E-state index is 13.0. The topological polar surface area (TPSA) is 9.23 Å². The first kappa shape index (κ1) is 9.41. The zero-order valence-electron chi connectivity index (χ0n) is 8.00. The fourth-order valence-electron chi connectivity index (χ4n) is 1.83. The molecule has 1 unspecified atom stereocenters. The van der Waals surface area contributed by atoms with Gasteiger partial charge in [0, 0.05) is 6.61 Å². The quantitative estimate of drug-likeness (QED) is 0.698. The third-order valence-corrected chi connectivity index (χ3v) is 2.55. The largest absolute Gasteiger partial charge is 0.374 e. The highest BCUT2D eigenvalue weighted by Crippen LogP contribution is 2.31. The van der Waals surface area contributed by atoms with Gasteiger partial charge in [0.25, 0.3) is 0 Å². The molecule has 0 radical (unpaired) electrons. The number of ether oxygens (including phenoxy) is 1. The molecule has 14 heavy (non-hydrogen) atoms. The Kier molecular flexibility index (Phi) is 2.64. The van der Waals surface area contributed by atoms with E-state index in [1.807, 2.05) is 0 Å². The van der Waals surface area contributed by atoms with E-state index < -0.39 is 0 Å². The van der Waals surface area contributed by atoms with Crippen molar-refractivity contribution in [1.82, 2.24) is 0 Å². The normalized spacial score (nSPS) is 21.1. The van der Waals surface area contributed by atoms with E-state index in [9.17, 15) is 4.39 Å². The molecule has 1 heterocycles. The number of rotatable bonds is 2. The Morgan fingerprint density at radius 2 is 2.36 bits per heavy atom. The molecule has 0 saturated carbocycles. The molecule has 74 valence electrons. The van der Waals surface area contributed by atoms with Crippen molar-refractivity contribution in [2.75, 3.05) is 6.61 Å². The minimum absolute atomic E-state index is 0.0544. The molecule has 1 aromatic rings. The second-order valence-electron chi connectivity index (χ2n) is 3.48. The van der Waals surface area contributed by atoms with Gasteiger partial charge in [-0.2, -0.15) is 0 Å². The Morgan fingerprint density at radius 3 is 3.00 bits per heavy atom. The molecule has 0 aliphatic carbocycles. The zero-order chi connectivity index (χ0) is 9.97. The summed E-state index contributed by atoms with van der Waals surface area (Å²) >= 11 is 0. The molecular formula is C12H13FO. The smallest absolute Gasteiger partial charge is 0.123 e. The van der Waals surface area contributed by atoms with Crippen molar-refractivity contribution in [3.05, 3.63) is 41.7 Å². The van der Waals surface area contributed by atoms with E-state index in [-0.39, 0.29) is 11.9 Å². The molecule has 1 aromatic carbocycles. The van der Waals surface area contributed by atoms with Crippen molar-refractivity contribution in [2.24, 2.45) is 0 Å². The number of halogens is 1. The predicted octanol–water partition coefficient (Wildman–Crippen LogP) is 3.32. The Balaban J connectivity index is 2.37. The van der Waals surface area contributed by atoms with E-state index >= 15 is 0 Å². The van der Waals surface area contributed by atoms with Gasteiger partial charge in [0.2, 0.25) is 0 Å². The lowest BCUT2D eigenvalue weighted by molar-refractivity contribution is 0.111. The van der Waals surface area contributed by atoms with E-state index in [2.05, 4.69) is 6.58 Å². The van der Waals surface area contributed by atoms with Gasteiger partial charge in [-0.1, -0.05) is 18.7 Å². The van der Waals surface area contributed by atoms with Crippen molar-refractivity contribution >= 4 is 6.08 Å². The minimum atomic E-state index is -0.207. The molecule has 1 atom stereocenters. The highest BCUT2D eigenvalue weighted by Gasteiger charge is 2.20. The molecule has 1 aliphatic heterocycles. The Hall–Kier alpha value is -1.15. The SMILES string of the molecule is C=Cc1ccc(F)cc1C1CCCO1. The average Bonchev–Trinajstić information content (AvgIpc) is 2.70. The van der Waals surface area contributed by atoms with Crippen LogP contribution in [-0.2, 0) is 4.74 Å². The highest BCUT2D eigenvalue weighted by molar-refractivity contribution is 5.52. The van der Waals surface area contributed by atoms with Crippen LogP contribution in [0.1, 0.15) is 30.1 Å². The summed E-state index contributed by atoms with van der Waals surface area (Å²) in [5.74, 6) is -0.207. The Labute approximate surface area is 83.2 Å². The summed E-state index contributed by atoms with van der Waals surface area (Å²) in [6.07, 6.45) is 3.83. The summed E-state index contributed by atoms with van der Waals surface area (Å²) in [6, 6.07) is 4.75. The van der Waals surface area contributed by atoms with E-state index in [0.29, 0.717) is 0 Å².